The first kappa shape index (κ1) is 16.5. The molecule has 1 aliphatic carbocycles. The van der Waals surface area contributed by atoms with Crippen molar-refractivity contribution in [2.75, 3.05) is 31.1 Å². The Labute approximate surface area is 157 Å². The molecule has 8 heteroatoms. The molecule has 1 fully saturated rings. The molecule has 0 saturated carbocycles. The van der Waals surface area contributed by atoms with E-state index in [1.54, 1.807) is 10.9 Å². The summed E-state index contributed by atoms with van der Waals surface area (Å²) in [4.78, 5) is 14.7. The van der Waals surface area contributed by atoms with Gasteiger partial charge in [0.2, 0.25) is 5.88 Å². The molecule has 142 valence electrons. The second-order valence-corrected chi connectivity index (χ2v) is 7.65. The fourth-order valence-corrected chi connectivity index (χ4v) is 4.08. The van der Waals surface area contributed by atoms with E-state index in [0.29, 0.717) is 30.5 Å². The van der Waals surface area contributed by atoms with Crippen molar-refractivity contribution in [1.29, 1.82) is 0 Å². The summed E-state index contributed by atoms with van der Waals surface area (Å²) in [7, 11) is 0. The van der Waals surface area contributed by atoms with Gasteiger partial charge in [0.25, 0.3) is 5.91 Å². The van der Waals surface area contributed by atoms with E-state index in [1.807, 2.05) is 0 Å². The predicted octanol–water partition coefficient (Wildman–Crippen LogP) is 1.20. The number of nitrogens with zero attached hydrogens (tertiary/aromatic N) is 5. The summed E-state index contributed by atoms with van der Waals surface area (Å²) in [6, 6.07) is 2.20. The number of hydrogen-bond acceptors (Lipinski definition) is 6. The third-order valence-electron chi connectivity index (χ3n) is 5.68. The topological polar surface area (TPSA) is 85.2 Å². The van der Waals surface area contributed by atoms with Gasteiger partial charge in [0.1, 0.15) is 5.56 Å². The number of aromatic nitrogens is 4. The Bertz CT molecular complexity index is 858. The zero-order valence-electron chi connectivity index (χ0n) is 15.4. The average molecular weight is 368 g/mol. The van der Waals surface area contributed by atoms with Crippen LogP contribution in [0.25, 0.3) is 0 Å². The molecule has 0 unspecified atom stereocenters. The normalized spacial score (nSPS) is 18.9. The number of ether oxygens (including phenoxy) is 1. The van der Waals surface area contributed by atoms with Crippen LogP contribution in [0.15, 0.2) is 12.3 Å². The van der Waals surface area contributed by atoms with Crippen LogP contribution in [0.2, 0.25) is 0 Å². The van der Waals surface area contributed by atoms with Gasteiger partial charge in [-0.15, -0.1) is 5.10 Å². The largest absolute Gasteiger partial charge is 0.477 e. The zero-order chi connectivity index (χ0) is 18.2. The van der Waals surface area contributed by atoms with Crippen molar-refractivity contribution in [3.63, 3.8) is 0 Å². The van der Waals surface area contributed by atoms with Crippen molar-refractivity contribution in [3.8, 4) is 5.88 Å². The minimum atomic E-state index is -0.106. The molecule has 0 radical (unpaired) electrons. The van der Waals surface area contributed by atoms with Gasteiger partial charge in [-0.3, -0.25) is 4.79 Å². The summed E-state index contributed by atoms with van der Waals surface area (Å²) in [6.45, 7) is 3.90. The minimum Gasteiger partial charge on any atom is -0.477 e. The van der Waals surface area contributed by atoms with E-state index in [1.165, 1.54) is 24.1 Å². The van der Waals surface area contributed by atoms with Gasteiger partial charge in [0.05, 0.1) is 18.5 Å². The molecule has 5 rings (SSSR count). The molecule has 27 heavy (non-hydrogen) atoms. The number of rotatable bonds is 4. The molecule has 2 aromatic rings. The van der Waals surface area contributed by atoms with Crippen molar-refractivity contribution in [2.45, 2.75) is 38.6 Å². The summed E-state index contributed by atoms with van der Waals surface area (Å²) in [5.74, 6) is 1.89. The van der Waals surface area contributed by atoms with Crippen LogP contribution in [0.1, 0.15) is 40.9 Å². The molecule has 0 spiro atoms. The number of carbonyl (C=O) groups is 1. The Balaban J connectivity index is 1.14. The van der Waals surface area contributed by atoms with Crippen molar-refractivity contribution in [1.82, 2.24) is 25.3 Å². The van der Waals surface area contributed by atoms with Crippen molar-refractivity contribution in [2.24, 2.45) is 5.92 Å². The monoisotopic (exact) mass is 368 g/mol. The molecule has 1 saturated heterocycles. The van der Waals surface area contributed by atoms with Crippen LogP contribution in [0.4, 0.5) is 5.82 Å². The molecule has 0 bridgehead atoms. The molecule has 0 aromatic carbocycles. The molecule has 1 N–H and O–H groups in total. The maximum absolute atomic E-state index is 12.5. The number of aryl methyl sites for hydroxylation is 3. The number of fused-ring (bicyclic) bond motifs is 2. The maximum Gasteiger partial charge on any atom is 0.258 e. The molecule has 0 atom stereocenters. The highest BCUT2D eigenvalue weighted by Gasteiger charge is 2.30. The fraction of sp³-hybridized carbons (Fsp3) is 0.579. The lowest BCUT2D eigenvalue weighted by atomic mass is 9.95. The highest BCUT2D eigenvalue weighted by molar-refractivity contribution is 5.96. The molecule has 4 heterocycles. The minimum absolute atomic E-state index is 0.106. The lowest BCUT2D eigenvalue weighted by Crippen LogP contribution is -2.52. The molecule has 1 amide bonds. The van der Waals surface area contributed by atoms with Gasteiger partial charge in [0, 0.05) is 38.5 Å². The van der Waals surface area contributed by atoms with Crippen LogP contribution in [0.3, 0.4) is 0 Å². The van der Waals surface area contributed by atoms with E-state index in [4.69, 9.17) is 4.74 Å². The number of nitrogens with one attached hydrogen (secondary N) is 1. The maximum atomic E-state index is 12.5. The van der Waals surface area contributed by atoms with E-state index < -0.39 is 0 Å². The first-order valence-corrected chi connectivity index (χ1v) is 9.85. The van der Waals surface area contributed by atoms with Gasteiger partial charge < -0.3 is 15.0 Å². The molecule has 2 aromatic heterocycles. The SMILES string of the molecule is O=C(NCC1CN(c2cc3c(nn2)CCCC3)C1)c1cnn2c1OCCC2. The van der Waals surface area contributed by atoms with Crippen LogP contribution >= 0.6 is 0 Å². The molecular formula is C19H24N6O2. The van der Waals surface area contributed by atoms with Crippen molar-refractivity contribution < 1.29 is 9.53 Å². The van der Waals surface area contributed by atoms with E-state index >= 15 is 0 Å². The van der Waals surface area contributed by atoms with Crippen LogP contribution in [-0.2, 0) is 19.4 Å². The lowest BCUT2D eigenvalue weighted by molar-refractivity contribution is 0.0938. The lowest BCUT2D eigenvalue weighted by Gasteiger charge is -2.40. The smallest absolute Gasteiger partial charge is 0.258 e. The fourth-order valence-electron chi connectivity index (χ4n) is 4.08. The second-order valence-electron chi connectivity index (χ2n) is 7.65. The Morgan fingerprint density at radius 3 is 3.04 bits per heavy atom. The van der Waals surface area contributed by atoms with Crippen molar-refractivity contribution >= 4 is 11.7 Å². The van der Waals surface area contributed by atoms with Gasteiger partial charge in [-0.2, -0.15) is 10.2 Å². The van der Waals surface area contributed by atoms with E-state index in [2.05, 4.69) is 31.6 Å². The highest BCUT2D eigenvalue weighted by atomic mass is 16.5. The molecule has 8 nitrogen and oxygen atoms in total. The Kier molecular flexibility index (Phi) is 4.18. The van der Waals surface area contributed by atoms with Crippen LogP contribution in [0, 0.1) is 5.92 Å². The van der Waals surface area contributed by atoms with E-state index in [-0.39, 0.29) is 5.91 Å². The number of amides is 1. The molecule has 2 aliphatic heterocycles. The van der Waals surface area contributed by atoms with Gasteiger partial charge in [-0.05, 0) is 37.3 Å². The van der Waals surface area contributed by atoms with Gasteiger partial charge in [-0.25, -0.2) is 4.68 Å². The van der Waals surface area contributed by atoms with E-state index in [0.717, 1.165) is 44.7 Å². The number of carbonyl (C=O) groups excluding carboxylic acids is 1. The van der Waals surface area contributed by atoms with Gasteiger partial charge in [0.15, 0.2) is 5.82 Å². The third kappa shape index (κ3) is 3.13. The Hall–Kier alpha value is -2.64. The van der Waals surface area contributed by atoms with Crippen molar-refractivity contribution in [3.05, 3.63) is 29.1 Å². The van der Waals surface area contributed by atoms with Gasteiger partial charge in [-0.1, -0.05) is 0 Å². The molecule has 3 aliphatic rings. The average Bonchev–Trinajstić information content (AvgIpc) is 3.11. The van der Waals surface area contributed by atoms with Gasteiger partial charge >= 0.3 is 0 Å². The summed E-state index contributed by atoms with van der Waals surface area (Å²) >= 11 is 0. The summed E-state index contributed by atoms with van der Waals surface area (Å²) in [5.41, 5.74) is 3.06. The standard InChI is InChI=1S/C19H24N6O2/c26-18(15-10-21-25-6-3-7-27-19(15)25)20-9-13-11-24(12-13)17-8-14-4-1-2-5-16(14)22-23-17/h8,10,13H,1-7,9,11-12H2,(H,20,26). The van der Waals surface area contributed by atoms with Crippen LogP contribution in [0.5, 0.6) is 5.88 Å². The summed E-state index contributed by atoms with van der Waals surface area (Å²) < 4.78 is 7.36. The Morgan fingerprint density at radius 1 is 1.22 bits per heavy atom. The predicted molar refractivity (Wildman–Crippen MR) is 99.0 cm³/mol. The number of hydrogen-bond donors (Lipinski definition) is 1. The van der Waals surface area contributed by atoms with E-state index in [9.17, 15) is 4.79 Å². The summed E-state index contributed by atoms with van der Waals surface area (Å²) in [5, 5.41) is 16.1. The summed E-state index contributed by atoms with van der Waals surface area (Å²) in [6.07, 6.45) is 7.17. The number of anilines is 1. The Morgan fingerprint density at radius 2 is 2.11 bits per heavy atom. The zero-order valence-corrected chi connectivity index (χ0v) is 15.4. The molecular weight excluding hydrogens is 344 g/mol. The van der Waals surface area contributed by atoms with Crippen LogP contribution in [-0.4, -0.2) is 52.1 Å². The first-order valence-electron chi connectivity index (χ1n) is 9.85. The highest BCUT2D eigenvalue weighted by Crippen LogP contribution is 2.27. The quantitative estimate of drug-likeness (QED) is 0.873. The first-order chi connectivity index (χ1) is 13.3. The third-order valence-corrected chi connectivity index (χ3v) is 5.68. The van der Waals surface area contributed by atoms with Crippen LogP contribution < -0.4 is 15.0 Å². The second kappa shape index (κ2) is 6.83.